The van der Waals surface area contributed by atoms with Gasteiger partial charge in [-0.3, -0.25) is 4.79 Å². The van der Waals surface area contributed by atoms with Crippen LogP contribution in [0.25, 0.3) is 16.6 Å². The molecular weight excluding hydrogens is 384 g/mol. The van der Waals surface area contributed by atoms with Crippen molar-refractivity contribution in [1.82, 2.24) is 9.97 Å². The molecule has 30 heavy (non-hydrogen) atoms. The van der Waals surface area contributed by atoms with Crippen molar-refractivity contribution in [1.29, 1.82) is 0 Å². The molecule has 1 aromatic heterocycles. The summed E-state index contributed by atoms with van der Waals surface area (Å²) in [5.74, 6) is 1.57. The minimum Gasteiger partial charge on any atom is -0.497 e. The maximum atomic E-state index is 13.6. The molecule has 0 amide bonds. The molecule has 0 spiro atoms. The smallest absolute Gasteiger partial charge is 0.195 e. The van der Waals surface area contributed by atoms with E-state index in [1.54, 1.807) is 44.2 Å². The van der Waals surface area contributed by atoms with Gasteiger partial charge in [-0.15, -0.1) is 0 Å². The Kier molecular flexibility index (Phi) is 4.87. The van der Waals surface area contributed by atoms with Crippen LogP contribution >= 0.6 is 0 Å². The number of ketones is 1. The summed E-state index contributed by atoms with van der Waals surface area (Å²) in [6.45, 7) is 1.58. The van der Waals surface area contributed by atoms with E-state index in [-0.39, 0.29) is 24.6 Å². The van der Waals surface area contributed by atoms with Crippen LogP contribution < -0.4 is 20.1 Å². The molecule has 3 aromatic rings. The molecular formula is C22H24N4O4. The zero-order chi connectivity index (χ0) is 21.5. The fourth-order valence-corrected chi connectivity index (χ4v) is 3.95. The quantitative estimate of drug-likeness (QED) is 0.574. The first kappa shape index (κ1) is 19.8. The van der Waals surface area contributed by atoms with E-state index in [1.165, 1.54) is 0 Å². The molecule has 0 saturated carbocycles. The maximum absolute atomic E-state index is 13.6. The number of rotatable bonds is 6. The van der Waals surface area contributed by atoms with E-state index >= 15 is 0 Å². The molecule has 0 bridgehead atoms. The number of H-pyrrole nitrogens is 1. The highest BCUT2D eigenvalue weighted by molar-refractivity contribution is 6.29. The molecule has 8 heteroatoms. The van der Waals surface area contributed by atoms with E-state index in [4.69, 9.17) is 15.2 Å². The molecule has 8 nitrogen and oxygen atoms in total. The SMILES string of the molecule is COc1cc(OC)cc(N2C(N)=C(c3nc4ccccc4[nH]3)C(=O)C2(C)CCO)c1. The first-order chi connectivity index (χ1) is 14.4. The molecule has 1 unspecified atom stereocenters. The average Bonchev–Trinajstić information content (AvgIpc) is 3.24. The van der Waals surface area contributed by atoms with E-state index in [0.717, 1.165) is 11.0 Å². The summed E-state index contributed by atoms with van der Waals surface area (Å²) in [6, 6.07) is 12.8. The summed E-state index contributed by atoms with van der Waals surface area (Å²) in [7, 11) is 3.11. The zero-order valence-corrected chi connectivity index (χ0v) is 17.1. The van der Waals surface area contributed by atoms with Crippen LogP contribution in [0, 0.1) is 0 Å². The van der Waals surface area contributed by atoms with Crippen LogP contribution in [0.1, 0.15) is 19.2 Å². The van der Waals surface area contributed by atoms with Crippen LogP contribution in [0.15, 0.2) is 48.3 Å². The molecule has 4 rings (SSSR count). The second-order valence-corrected chi connectivity index (χ2v) is 7.35. The number of aliphatic hydroxyl groups is 1. The lowest BCUT2D eigenvalue weighted by molar-refractivity contribution is -0.117. The molecule has 2 heterocycles. The van der Waals surface area contributed by atoms with Gasteiger partial charge in [0.15, 0.2) is 5.78 Å². The minimum atomic E-state index is -1.09. The van der Waals surface area contributed by atoms with Gasteiger partial charge < -0.3 is 30.2 Å². The highest BCUT2D eigenvalue weighted by atomic mass is 16.5. The molecule has 1 aliphatic heterocycles. The number of fused-ring (bicyclic) bond motifs is 1. The number of carbonyl (C=O) groups is 1. The van der Waals surface area contributed by atoms with Crippen molar-refractivity contribution in [2.75, 3.05) is 25.7 Å². The van der Waals surface area contributed by atoms with Crippen molar-refractivity contribution >= 4 is 28.1 Å². The molecule has 0 aliphatic carbocycles. The van der Waals surface area contributed by atoms with Gasteiger partial charge in [0.05, 0.1) is 30.9 Å². The third-order valence-corrected chi connectivity index (χ3v) is 5.53. The predicted molar refractivity (Wildman–Crippen MR) is 114 cm³/mol. The number of para-hydroxylation sites is 2. The van der Waals surface area contributed by atoms with Gasteiger partial charge in [0.25, 0.3) is 0 Å². The van der Waals surface area contributed by atoms with Crippen LogP contribution in [0.2, 0.25) is 0 Å². The van der Waals surface area contributed by atoms with Gasteiger partial charge in [-0.05, 0) is 19.1 Å². The Morgan fingerprint density at radius 1 is 1.17 bits per heavy atom. The van der Waals surface area contributed by atoms with Crippen molar-refractivity contribution in [2.24, 2.45) is 5.73 Å². The number of carbonyl (C=O) groups excluding carboxylic acids is 1. The van der Waals surface area contributed by atoms with Crippen LogP contribution in [-0.4, -0.2) is 47.2 Å². The van der Waals surface area contributed by atoms with Gasteiger partial charge in [0.1, 0.15) is 34.3 Å². The molecule has 0 saturated heterocycles. The lowest BCUT2D eigenvalue weighted by Crippen LogP contribution is -2.49. The summed E-state index contributed by atoms with van der Waals surface area (Å²) < 4.78 is 10.8. The van der Waals surface area contributed by atoms with Gasteiger partial charge >= 0.3 is 0 Å². The van der Waals surface area contributed by atoms with Crippen molar-refractivity contribution in [2.45, 2.75) is 18.9 Å². The summed E-state index contributed by atoms with van der Waals surface area (Å²) in [6.07, 6.45) is 0.190. The van der Waals surface area contributed by atoms with Crippen molar-refractivity contribution in [3.05, 3.63) is 54.1 Å². The van der Waals surface area contributed by atoms with Gasteiger partial charge in [0.2, 0.25) is 0 Å². The van der Waals surface area contributed by atoms with Gasteiger partial charge in [-0.2, -0.15) is 0 Å². The predicted octanol–water partition coefficient (Wildman–Crippen LogP) is 2.44. The Labute approximate surface area is 173 Å². The molecule has 1 atom stereocenters. The topological polar surface area (TPSA) is 114 Å². The minimum absolute atomic E-state index is 0.180. The number of hydrogen-bond acceptors (Lipinski definition) is 7. The molecule has 156 valence electrons. The fraction of sp³-hybridized carbons (Fsp3) is 0.273. The third kappa shape index (κ3) is 2.96. The van der Waals surface area contributed by atoms with Gasteiger partial charge in [-0.1, -0.05) is 12.1 Å². The molecule has 0 radical (unpaired) electrons. The van der Waals surface area contributed by atoms with E-state index < -0.39 is 5.54 Å². The number of anilines is 1. The first-order valence-electron chi connectivity index (χ1n) is 9.56. The van der Waals surface area contributed by atoms with Crippen LogP contribution in [0.3, 0.4) is 0 Å². The average molecular weight is 408 g/mol. The Morgan fingerprint density at radius 3 is 2.43 bits per heavy atom. The number of nitrogens with one attached hydrogen (secondary N) is 1. The van der Waals surface area contributed by atoms with E-state index in [2.05, 4.69) is 9.97 Å². The van der Waals surface area contributed by atoms with E-state index in [1.807, 2.05) is 24.3 Å². The Morgan fingerprint density at radius 2 is 1.83 bits per heavy atom. The van der Waals surface area contributed by atoms with Gasteiger partial charge in [0, 0.05) is 31.2 Å². The van der Waals surface area contributed by atoms with Gasteiger partial charge in [-0.25, -0.2) is 4.98 Å². The largest absolute Gasteiger partial charge is 0.497 e. The number of ether oxygens (including phenoxy) is 2. The lowest BCUT2D eigenvalue weighted by atomic mass is 9.90. The summed E-state index contributed by atoms with van der Waals surface area (Å²) >= 11 is 0. The number of Topliss-reactive ketones (excluding diaryl/α,β-unsaturated/α-hetero) is 1. The van der Waals surface area contributed by atoms with E-state index in [0.29, 0.717) is 28.6 Å². The van der Waals surface area contributed by atoms with Crippen LogP contribution in [0.4, 0.5) is 5.69 Å². The number of imidazole rings is 1. The fourth-order valence-electron chi connectivity index (χ4n) is 3.95. The van der Waals surface area contributed by atoms with E-state index in [9.17, 15) is 9.90 Å². The van der Waals surface area contributed by atoms with Crippen LogP contribution in [-0.2, 0) is 4.79 Å². The standard InChI is InChI=1S/C22H24N4O4/c1-22(8-9-27)19(28)18(21-24-16-6-4-5-7-17(16)25-21)20(23)26(22)13-10-14(29-2)12-15(11-13)30-3/h4-7,10-12,27H,8-9,23H2,1-3H3,(H,24,25). The normalized spacial score (nSPS) is 19.1. The molecule has 4 N–H and O–H groups in total. The lowest BCUT2D eigenvalue weighted by Gasteiger charge is -2.36. The summed E-state index contributed by atoms with van der Waals surface area (Å²) in [5, 5.41) is 9.72. The van der Waals surface area contributed by atoms with Crippen LogP contribution in [0.5, 0.6) is 11.5 Å². The number of benzene rings is 2. The second-order valence-electron chi connectivity index (χ2n) is 7.35. The summed E-state index contributed by atoms with van der Waals surface area (Å²) in [4.78, 5) is 23.1. The highest BCUT2D eigenvalue weighted by Gasteiger charge is 2.50. The number of nitrogens with two attached hydrogens (primary N) is 1. The number of aromatic amines is 1. The maximum Gasteiger partial charge on any atom is 0.195 e. The molecule has 2 aromatic carbocycles. The van der Waals surface area contributed by atoms with Crippen molar-refractivity contribution in [3.63, 3.8) is 0 Å². The van der Waals surface area contributed by atoms with Crippen molar-refractivity contribution < 1.29 is 19.4 Å². The number of aromatic nitrogens is 2. The summed E-state index contributed by atoms with van der Waals surface area (Å²) in [5.41, 5.74) is 7.93. The first-order valence-corrected chi connectivity index (χ1v) is 9.56. The highest BCUT2D eigenvalue weighted by Crippen LogP contribution is 2.43. The third-order valence-electron chi connectivity index (χ3n) is 5.53. The zero-order valence-electron chi connectivity index (χ0n) is 17.1. The Balaban J connectivity index is 1.92. The molecule has 1 aliphatic rings. The number of aliphatic hydroxyl groups excluding tert-OH is 1. The molecule has 0 fully saturated rings. The number of nitrogens with zero attached hydrogens (tertiary/aromatic N) is 2. The Bertz CT molecular complexity index is 1100. The Hall–Kier alpha value is -3.52. The number of hydrogen-bond donors (Lipinski definition) is 3. The number of methoxy groups -OCH3 is 2. The second kappa shape index (κ2) is 7.38. The van der Waals surface area contributed by atoms with Crippen molar-refractivity contribution in [3.8, 4) is 11.5 Å². The monoisotopic (exact) mass is 408 g/mol.